The van der Waals surface area contributed by atoms with Gasteiger partial charge in [0.15, 0.2) is 0 Å². The Labute approximate surface area is 102 Å². The van der Waals surface area contributed by atoms with Crippen LogP contribution in [0.3, 0.4) is 0 Å². The molecule has 0 fully saturated rings. The van der Waals surface area contributed by atoms with E-state index in [4.69, 9.17) is 17.3 Å². The van der Waals surface area contributed by atoms with E-state index in [1.165, 1.54) is 6.07 Å². The Morgan fingerprint density at radius 2 is 1.94 bits per heavy atom. The van der Waals surface area contributed by atoms with Crippen molar-refractivity contribution in [1.29, 1.82) is 0 Å². The van der Waals surface area contributed by atoms with Gasteiger partial charge < -0.3 is 5.73 Å². The normalized spacial score (nSPS) is 13.1. The standard InChI is InChI=1S/C13H19ClFN/c1-3-9(4-2)13(16)8-10-11(14)6-5-7-12(10)15/h5-7,9,13H,3-4,8,16H2,1-2H3. The molecule has 2 N–H and O–H groups in total. The Hall–Kier alpha value is -0.600. The molecule has 16 heavy (non-hydrogen) atoms. The summed E-state index contributed by atoms with van der Waals surface area (Å²) < 4.78 is 13.5. The van der Waals surface area contributed by atoms with Gasteiger partial charge in [0, 0.05) is 16.6 Å². The molecular formula is C13H19ClFN. The van der Waals surface area contributed by atoms with Crippen molar-refractivity contribution >= 4 is 11.6 Å². The summed E-state index contributed by atoms with van der Waals surface area (Å²) in [6, 6.07) is 4.73. The van der Waals surface area contributed by atoms with Gasteiger partial charge in [0.1, 0.15) is 5.82 Å². The van der Waals surface area contributed by atoms with E-state index in [0.717, 1.165) is 12.8 Å². The molecule has 0 radical (unpaired) electrons. The highest BCUT2D eigenvalue weighted by Gasteiger charge is 2.17. The topological polar surface area (TPSA) is 26.0 Å². The maximum Gasteiger partial charge on any atom is 0.127 e. The molecular weight excluding hydrogens is 225 g/mol. The van der Waals surface area contributed by atoms with E-state index in [2.05, 4.69) is 13.8 Å². The van der Waals surface area contributed by atoms with E-state index in [1.54, 1.807) is 12.1 Å². The van der Waals surface area contributed by atoms with Crippen LogP contribution >= 0.6 is 11.6 Å². The summed E-state index contributed by atoms with van der Waals surface area (Å²) in [5, 5.41) is 0.474. The summed E-state index contributed by atoms with van der Waals surface area (Å²) in [4.78, 5) is 0. The van der Waals surface area contributed by atoms with E-state index < -0.39 is 0 Å². The van der Waals surface area contributed by atoms with E-state index in [0.29, 0.717) is 22.9 Å². The number of nitrogens with two attached hydrogens (primary N) is 1. The molecule has 0 aliphatic heterocycles. The number of halogens is 2. The van der Waals surface area contributed by atoms with Crippen LogP contribution in [-0.2, 0) is 6.42 Å². The first-order chi connectivity index (χ1) is 7.60. The van der Waals surface area contributed by atoms with Gasteiger partial charge in [-0.05, 0) is 24.5 Å². The number of benzene rings is 1. The van der Waals surface area contributed by atoms with E-state index in [1.807, 2.05) is 0 Å². The quantitative estimate of drug-likeness (QED) is 0.837. The zero-order valence-corrected chi connectivity index (χ0v) is 10.6. The van der Waals surface area contributed by atoms with Crippen molar-refractivity contribution in [2.24, 2.45) is 11.7 Å². The van der Waals surface area contributed by atoms with Gasteiger partial charge in [0.2, 0.25) is 0 Å². The number of hydrogen-bond acceptors (Lipinski definition) is 1. The van der Waals surface area contributed by atoms with Gasteiger partial charge in [-0.1, -0.05) is 44.4 Å². The van der Waals surface area contributed by atoms with Crippen LogP contribution in [0.25, 0.3) is 0 Å². The van der Waals surface area contributed by atoms with Gasteiger partial charge in [-0.15, -0.1) is 0 Å². The average Bonchev–Trinajstić information content (AvgIpc) is 2.25. The minimum Gasteiger partial charge on any atom is -0.327 e. The molecule has 0 heterocycles. The molecule has 1 nitrogen and oxygen atoms in total. The second-order valence-electron chi connectivity index (χ2n) is 4.14. The predicted molar refractivity (Wildman–Crippen MR) is 67.2 cm³/mol. The largest absolute Gasteiger partial charge is 0.327 e. The lowest BCUT2D eigenvalue weighted by molar-refractivity contribution is 0.390. The van der Waals surface area contributed by atoms with Crippen LogP contribution < -0.4 is 5.73 Å². The fourth-order valence-corrected chi connectivity index (χ4v) is 2.26. The highest BCUT2D eigenvalue weighted by molar-refractivity contribution is 6.31. The van der Waals surface area contributed by atoms with Crippen molar-refractivity contribution < 1.29 is 4.39 Å². The summed E-state index contributed by atoms with van der Waals surface area (Å²) in [6.45, 7) is 4.22. The van der Waals surface area contributed by atoms with Crippen LogP contribution in [0.15, 0.2) is 18.2 Å². The fourth-order valence-electron chi connectivity index (χ4n) is 2.02. The molecule has 0 bridgehead atoms. The van der Waals surface area contributed by atoms with Crippen LogP contribution in [0.2, 0.25) is 5.02 Å². The Morgan fingerprint density at radius 1 is 1.31 bits per heavy atom. The lowest BCUT2D eigenvalue weighted by Gasteiger charge is -2.21. The van der Waals surface area contributed by atoms with Gasteiger partial charge in [-0.3, -0.25) is 0 Å². The molecule has 0 spiro atoms. The first-order valence-electron chi connectivity index (χ1n) is 5.78. The van der Waals surface area contributed by atoms with Gasteiger partial charge in [-0.25, -0.2) is 4.39 Å². The van der Waals surface area contributed by atoms with E-state index >= 15 is 0 Å². The smallest absolute Gasteiger partial charge is 0.127 e. The van der Waals surface area contributed by atoms with Crippen LogP contribution in [-0.4, -0.2) is 6.04 Å². The molecule has 3 heteroatoms. The molecule has 1 atom stereocenters. The second kappa shape index (κ2) is 6.21. The van der Waals surface area contributed by atoms with Crippen molar-refractivity contribution in [2.75, 3.05) is 0 Å². The van der Waals surface area contributed by atoms with Crippen molar-refractivity contribution in [3.63, 3.8) is 0 Å². The minimum absolute atomic E-state index is 0.0237. The van der Waals surface area contributed by atoms with E-state index in [9.17, 15) is 4.39 Å². The Bertz CT molecular complexity index is 316. The fraction of sp³-hybridized carbons (Fsp3) is 0.538. The van der Waals surface area contributed by atoms with Crippen molar-refractivity contribution in [3.8, 4) is 0 Å². The van der Waals surface area contributed by atoms with Crippen LogP contribution in [0, 0.1) is 11.7 Å². The summed E-state index contributed by atoms with van der Waals surface area (Å²) in [5.74, 6) is 0.171. The third-order valence-electron chi connectivity index (χ3n) is 3.16. The van der Waals surface area contributed by atoms with Gasteiger partial charge >= 0.3 is 0 Å². The summed E-state index contributed by atoms with van der Waals surface area (Å²) in [7, 11) is 0. The molecule has 0 aliphatic rings. The molecule has 0 saturated carbocycles. The minimum atomic E-state index is -0.256. The molecule has 0 aliphatic carbocycles. The third-order valence-corrected chi connectivity index (χ3v) is 3.51. The Kier molecular flexibility index (Phi) is 5.23. The molecule has 0 saturated heterocycles. The Balaban J connectivity index is 2.80. The highest BCUT2D eigenvalue weighted by Crippen LogP contribution is 2.23. The maximum absolute atomic E-state index is 13.5. The van der Waals surface area contributed by atoms with Crippen LogP contribution in [0.1, 0.15) is 32.3 Å². The molecule has 0 amide bonds. The molecule has 1 unspecified atom stereocenters. The monoisotopic (exact) mass is 243 g/mol. The molecule has 1 rings (SSSR count). The number of hydrogen-bond donors (Lipinski definition) is 1. The lowest BCUT2D eigenvalue weighted by atomic mass is 9.90. The molecule has 90 valence electrons. The van der Waals surface area contributed by atoms with Gasteiger partial charge in [0.05, 0.1) is 0 Å². The summed E-state index contributed by atoms with van der Waals surface area (Å²) in [5.41, 5.74) is 6.63. The summed E-state index contributed by atoms with van der Waals surface area (Å²) >= 11 is 5.97. The van der Waals surface area contributed by atoms with E-state index in [-0.39, 0.29) is 11.9 Å². The average molecular weight is 244 g/mol. The molecule has 1 aromatic carbocycles. The van der Waals surface area contributed by atoms with Crippen LogP contribution in [0.4, 0.5) is 4.39 Å². The van der Waals surface area contributed by atoms with Crippen molar-refractivity contribution in [2.45, 2.75) is 39.2 Å². The van der Waals surface area contributed by atoms with Crippen molar-refractivity contribution in [1.82, 2.24) is 0 Å². The van der Waals surface area contributed by atoms with Gasteiger partial charge in [-0.2, -0.15) is 0 Å². The zero-order valence-electron chi connectivity index (χ0n) is 9.84. The Morgan fingerprint density at radius 3 is 2.44 bits per heavy atom. The first-order valence-corrected chi connectivity index (χ1v) is 6.16. The molecule has 0 aromatic heterocycles. The van der Waals surface area contributed by atoms with Crippen molar-refractivity contribution in [3.05, 3.63) is 34.6 Å². The predicted octanol–water partition coefficient (Wildman–Crippen LogP) is 3.79. The lowest BCUT2D eigenvalue weighted by Crippen LogP contribution is -2.32. The number of rotatable bonds is 5. The summed E-state index contributed by atoms with van der Waals surface area (Å²) in [6.07, 6.45) is 2.55. The van der Waals surface area contributed by atoms with Gasteiger partial charge in [0.25, 0.3) is 0 Å². The molecule has 1 aromatic rings. The highest BCUT2D eigenvalue weighted by atomic mass is 35.5. The maximum atomic E-state index is 13.5. The zero-order chi connectivity index (χ0) is 12.1. The third kappa shape index (κ3) is 3.19. The first kappa shape index (κ1) is 13.5. The SMILES string of the molecule is CCC(CC)C(N)Cc1c(F)cccc1Cl. The second-order valence-corrected chi connectivity index (χ2v) is 4.55. The van der Waals surface area contributed by atoms with Crippen LogP contribution in [0.5, 0.6) is 0 Å².